The Hall–Kier alpha value is -1.80. The summed E-state index contributed by atoms with van der Waals surface area (Å²) in [7, 11) is 1.60. The van der Waals surface area contributed by atoms with Crippen molar-refractivity contribution < 1.29 is 14.6 Å². The summed E-state index contributed by atoms with van der Waals surface area (Å²) in [5.41, 5.74) is 5.56. The van der Waals surface area contributed by atoms with E-state index in [0.29, 0.717) is 22.8 Å². The Bertz CT molecular complexity index is 725. The zero-order valence-corrected chi connectivity index (χ0v) is 18.3. The Morgan fingerprint density at radius 1 is 1.39 bits per heavy atom. The van der Waals surface area contributed by atoms with Gasteiger partial charge in [0.15, 0.2) is 5.11 Å². The lowest BCUT2D eigenvalue weighted by Gasteiger charge is -2.30. The van der Waals surface area contributed by atoms with Gasteiger partial charge in [0.05, 0.1) is 18.8 Å². The first-order valence-electron chi connectivity index (χ1n) is 9.46. The maximum atomic E-state index is 10.6. The SMILES string of the molecule is COc1ccc(/C(C)=N\NC(=S)N[C@H]2CCCC[C@H]2C)cc1CSCC(=O)[O-]. The van der Waals surface area contributed by atoms with Crippen molar-refractivity contribution in [3.05, 3.63) is 29.3 Å². The Balaban J connectivity index is 1.98. The zero-order valence-electron chi connectivity index (χ0n) is 16.6. The van der Waals surface area contributed by atoms with Gasteiger partial charge in [0.2, 0.25) is 0 Å². The van der Waals surface area contributed by atoms with Crippen molar-refractivity contribution in [2.24, 2.45) is 11.0 Å². The molecule has 28 heavy (non-hydrogen) atoms. The molecule has 2 N–H and O–H groups in total. The predicted molar refractivity (Wildman–Crippen MR) is 117 cm³/mol. The number of thiocarbonyl (C=S) groups is 1. The number of carbonyl (C=O) groups is 1. The lowest BCUT2D eigenvalue weighted by atomic mass is 9.86. The van der Waals surface area contributed by atoms with E-state index < -0.39 is 5.97 Å². The molecule has 154 valence electrons. The molecular formula is C20H28N3O3S2-. The second-order valence-corrected chi connectivity index (χ2v) is 8.44. The minimum atomic E-state index is -1.07. The van der Waals surface area contributed by atoms with Crippen LogP contribution in [0.25, 0.3) is 0 Å². The highest BCUT2D eigenvalue weighted by atomic mass is 32.2. The number of hydrazone groups is 1. The van der Waals surface area contributed by atoms with Crippen LogP contribution < -0.4 is 20.6 Å². The molecule has 0 saturated heterocycles. The van der Waals surface area contributed by atoms with Gasteiger partial charge >= 0.3 is 0 Å². The molecule has 8 heteroatoms. The summed E-state index contributed by atoms with van der Waals surface area (Å²) in [5, 5.41) is 18.9. The lowest BCUT2D eigenvalue weighted by molar-refractivity contribution is -0.301. The average Bonchev–Trinajstić information content (AvgIpc) is 2.67. The number of carboxylic acids is 1. The fourth-order valence-electron chi connectivity index (χ4n) is 3.29. The molecule has 0 spiro atoms. The molecule has 0 aliphatic heterocycles. The Kier molecular flexibility index (Phi) is 9.05. The van der Waals surface area contributed by atoms with Crippen molar-refractivity contribution in [2.45, 2.75) is 51.3 Å². The molecule has 0 heterocycles. The van der Waals surface area contributed by atoms with Gasteiger partial charge in [-0.3, -0.25) is 5.43 Å². The van der Waals surface area contributed by atoms with Crippen LogP contribution in [-0.4, -0.2) is 35.7 Å². The molecule has 0 unspecified atom stereocenters. The van der Waals surface area contributed by atoms with Crippen LogP contribution in [0.5, 0.6) is 5.75 Å². The molecule has 1 aromatic carbocycles. The number of carbonyl (C=O) groups excluding carboxylic acids is 1. The summed E-state index contributed by atoms with van der Waals surface area (Å²) < 4.78 is 5.37. The third-order valence-corrected chi connectivity index (χ3v) is 6.09. The molecule has 0 aromatic heterocycles. The highest BCUT2D eigenvalue weighted by molar-refractivity contribution is 7.99. The number of thioether (sulfide) groups is 1. The number of methoxy groups -OCH3 is 1. The predicted octanol–water partition coefficient (Wildman–Crippen LogP) is 2.45. The first-order chi connectivity index (χ1) is 13.4. The van der Waals surface area contributed by atoms with Gasteiger partial charge in [-0.1, -0.05) is 19.8 Å². The third-order valence-electron chi connectivity index (χ3n) is 4.93. The first kappa shape index (κ1) is 22.5. The van der Waals surface area contributed by atoms with Crippen molar-refractivity contribution in [2.75, 3.05) is 12.9 Å². The quantitative estimate of drug-likeness (QED) is 0.378. The Morgan fingerprint density at radius 3 is 2.82 bits per heavy atom. The van der Waals surface area contributed by atoms with Crippen LogP contribution in [0.3, 0.4) is 0 Å². The number of hydrogen-bond donors (Lipinski definition) is 2. The summed E-state index contributed by atoms with van der Waals surface area (Å²) in [5.74, 6) is 0.725. The van der Waals surface area contributed by atoms with Crippen molar-refractivity contribution in [3.63, 3.8) is 0 Å². The fraction of sp³-hybridized carbons (Fsp3) is 0.550. The van der Waals surface area contributed by atoms with Gasteiger partial charge in [-0.25, -0.2) is 0 Å². The van der Waals surface area contributed by atoms with Crippen LogP contribution in [0.1, 0.15) is 50.7 Å². The van der Waals surface area contributed by atoms with E-state index in [-0.39, 0.29) is 5.75 Å². The molecule has 6 nitrogen and oxygen atoms in total. The number of nitrogens with one attached hydrogen (secondary N) is 2. The molecule has 1 saturated carbocycles. The van der Waals surface area contributed by atoms with E-state index in [1.165, 1.54) is 31.0 Å². The minimum Gasteiger partial charge on any atom is -0.549 e. The summed E-state index contributed by atoms with van der Waals surface area (Å²) in [6.07, 6.45) is 4.89. The molecule has 0 amide bonds. The second kappa shape index (κ2) is 11.3. The van der Waals surface area contributed by atoms with E-state index in [9.17, 15) is 9.90 Å². The summed E-state index contributed by atoms with van der Waals surface area (Å²) in [6.45, 7) is 4.16. The van der Waals surface area contributed by atoms with Gasteiger partial charge in [0.1, 0.15) is 5.75 Å². The molecule has 2 atom stereocenters. The topological polar surface area (TPSA) is 85.8 Å². The molecule has 0 bridgehead atoms. The standard InChI is InChI=1S/C20H29N3O3S2/c1-13-6-4-5-7-17(13)21-20(27)23-22-14(2)15-8-9-18(26-3)16(10-15)11-28-12-19(24)25/h8-10,13,17H,4-7,11-12H2,1-3H3,(H,24,25)(H2,21,23,27)/p-1/b22-14-/t13-,17+/m1/s1. The molecule has 0 radical (unpaired) electrons. The molecule has 2 rings (SSSR count). The van der Waals surface area contributed by atoms with E-state index in [1.807, 2.05) is 25.1 Å². The first-order valence-corrected chi connectivity index (χ1v) is 11.0. The van der Waals surface area contributed by atoms with Crippen molar-refractivity contribution in [1.82, 2.24) is 10.7 Å². The summed E-state index contributed by atoms with van der Waals surface area (Å²) in [6, 6.07) is 6.15. The number of benzene rings is 1. The van der Waals surface area contributed by atoms with Crippen molar-refractivity contribution >= 4 is 40.8 Å². The van der Waals surface area contributed by atoms with Crippen LogP contribution in [0, 0.1) is 5.92 Å². The number of carboxylic acid groups (broad SMARTS) is 1. The van der Waals surface area contributed by atoms with Gasteiger partial charge in [0.25, 0.3) is 0 Å². The molecule has 1 aliphatic rings. The summed E-state index contributed by atoms with van der Waals surface area (Å²) in [4.78, 5) is 10.6. The number of ether oxygens (including phenoxy) is 1. The van der Waals surface area contributed by atoms with Crippen LogP contribution in [0.15, 0.2) is 23.3 Å². The van der Waals surface area contributed by atoms with E-state index in [4.69, 9.17) is 17.0 Å². The third kappa shape index (κ3) is 6.98. The number of aliphatic carboxylic acids is 1. The maximum Gasteiger partial charge on any atom is 0.187 e. The fourth-order valence-corrected chi connectivity index (χ4v) is 4.20. The van der Waals surface area contributed by atoms with Crippen LogP contribution in [0.4, 0.5) is 0 Å². The molecular weight excluding hydrogens is 394 g/mol. The van der Waals surface area contributed by atoms with Crippen molar-refractivity contribution in [1.29, 1.82) is 0 Å². The van der Waals surface area contributed by atoms with Crippen LogP contribution >= 0.6 is 24.0 Å². The molecule has 1 fully saturated rings. The maximum absolute atomic E-state index is 10.6. The second-order valence-electron chi connectivity index (χ2n) is 7.04. The van der Waals surface area contributed by atoms with E-state index in [2.05, 4.69) is 22.8 Å². The zero-order chi connectivity index (χ0) is 20.5. The van der Waals surface area contributed by atoms with E-state index >= 15 is 0 Å². The smallest absolute Gasteiger partial charge is 0.187 e. The normalized spacial score (nSPS) is 19.8. The molecule has 1 aromatic rings. The van der Waals surface area contributed by atoms with Gasteiger partial charge in [-0.05, 0) is 61.7 Å². The summed E-state index contributed by atoms with van der Waals surface area (Å²) >= 11 is 6.66. The highest BCUT2D eigenvalue weighted by Gasteiger charge is 2.21. The average molecular weight is 423 g/mol. The van der Waals surface area contributed by atoms with Gasteiger partial charge in [-0.2, -0.15) is 16.9 Å². The van der Waals surface area contributed by atoms with E-state index in [1.54, 1.807) is 7.11 Å². The van der Waals surface area contributed by atoms with E-state index in [0.717, 1.165) is 29.0 Å². The minimum absolute atomic E-state index is 0.0540. The Morgan fingerprint density at radius 2 is 2.14 bits per heavy atom. The number of rotatable bonds is 8. The lowest BCUT2D eigenvalue weighted by Crippen LogP contribution is -2.44. The van der Waals surface area contributed by atoms with Crippen molar-refractivity contribution in [3.8, 4) is 5.75 Å². The van der Waals surface area contributed by atoms with Crippen LogP contribution in [0.2, 0.25) is 0 Å². The van der Waals surface area contributed by atoms with Gasteiger partial charge < -0.3 is 20.0 Å². The monoisotopic (exact) mass is 422 g/mol. The van der Waals surface area contributed by atoms with Crippen LogP contribution in [-0.2, 0) is 10.5 Å². The Labute approximate surface area is 176 Å². The van der Waals surface area contributed by atoms with Gasteiger partial charge in [0, 0.05) is 23.1 Å². The number of nitrogens with zero attached hydrogens (tertiary/aromatic N) is 1. The van der Waals surface area contributed by atoms with Gasteiger partial charge in [-0.15, -0.1) is 0 Å². The number of hydrogen-bond acceptors (Lipinski definition) is 6. The largest absolute Gasteiger partial charge is 0.549 e. The molecule has 1 aliphatic carbocycles. The highest BCUT2D eigenvalue weighted by Crippen LogP contribution is 2.25.